The van der Waals surface area contributed by atoms with Gasteiger partial charge < -0.3 is 25.0 Å². The Hall–Kier alpha value is -2.87. The minimum atomic E-state index is -1.28. The van der Waals surface area contributed by atoms with E-state index in [1.54, 1.807) is 24.3 Å². The molecule has 0 saturated carbocycles. The van der Waals surface area contributed by atoms with Crippen molar-refractivity contribution < 1.29 is 23.9 Å². The van der Waals surface area contributed by atoms with Gasteiger partial charge in [0.25, 0.3) is 11.8 Å². The average Bonchev–Trinajstić information content (AvgIpc) is 3.08. The van der Waals surface area contributed by atoms with E-state index in [-0.39, 0.29) is 24.4 Å². The fourth-order valence-electron chi connectivity index (χ4n) is 1.89. The molecule has 0 radical (unpaired) electrons. The molecule has 2 amide bonds. The minimum absolute atomic E-state index is 0.0437. The lowest BCUT2D eigenvalue weighted by Gasteiger charge is -2.10. The Labute approximate surface area is 151 Å². The number of halogens is 1. The van der Waals surface area contributed by atoms with E-state index in [9.17, 15) is 19.5 Å². The first-order valence-electron chi connectivity index (χ1n) is 7.26. The zero-order chi connectivity index (χ0) is 18.2. The molecule has 0 aliphatic rings. The summed E-state index contributed by atoms with van der Waals surface area (Å²) < 4.78 is 5.79. The molecule has 2 N–H and O–H groups in total. The number of rotatable bonds is 7. The first-order valence-corrected chi connectivity index (χ1v) is 8.05. The molecule has 7 nitrogen and oxygen atoms in total. The van der Waals surface area contributed by atoms with Gasteiger partial charge in [-0.1, -0.05) is 28.1 Å². The highest BCUT2D eigenvalue weighted by Gasteiger charge is 2.16. The van der Waals surface area contributed by atoms with Gasteiger partial charge >= 0.3 is 0 Å². The number of amides is 2. The average molecular weight is 406 g/mol. The molecule has 0 aliphatic carbocycles. The Bertz CT molecular complexity index is 799. The predicted molar refractivity (Wildman–Crippen MR) is 90.9 cm³/mol. The van der Waals surface area contributed by atoms with E-state index in [0.29, 0.717) is 5.56 Å². The van der Waals surface area contributed by atoms with Crippen LogP contribution in [-0.2, 0) is 9.59 Å². The van der Waals surface area contributed by atoms with Gasteiger partial charge in [-0.15, -0.1) is 0 Å². The third kappa shape index (κ3) is 5.92. The molecule has 0 saturated heterocycles. The van der Waals surface area contributed by atoms with Crippen molar-refractivity contribution in [2.75, 3.05) is 6.54 Å². The van der Waals surface area contributed by atoms with Crippen LogP contribution in [0.1, 0.15) is 22.5 Å². The molecular formula is C17H14BrN2O5-. The molecule has 8 heteroatoms. The standard InChI is InChI=1S/C17H15BrN2O5/c18-12-4-1-3-11(9-12)10-13(16(23)19-7-6-15(21)22)20-17(24)14-5-2-8-25-14/h1-5,8-10H,6-7H2,(H,19,23)(H,20,24)(H,21,22)/p-1/b13-10-. The summed E-state index contributed by atoms with van der Waals surface area (Å²) in [5.74, 6) is -2.46. The monoisotopic (exact) mass is 405 g/mol. The number of carbonyl (C=O) groups excluding carboxylic acids is 3. The van der Waals surface area contributed by atoms with Gasteiger partial charge in [-0.2, -0.15) is 0 Å². The first kappa shape index (κ1) is 18.5. The highest BCUT2D eigenvalue weighted by Crippen LogP contribution is 2.14. The summed E-state index contributed by atoms with van der Waals surface area (Å²) in [6, 6.07) is 10.1. The van der Waals surface area contributed by atoms with Gasteiger partial charge in [0.1, 0.15) is 5.70 Å². The number of carbonyl (C=O) groups is 3. The lowest BCUT2D eigenvalue weighted by atomic mass is 10.2. The van der Waals surface area contributed by atoms with Crippen LogP contribution in [0.15, 0.2) is 57.2 Å². The topological polar surface area (TPSA) is 111 Å². The molecule has 0 unspecified atom stereocenters. The molecule has 0 bridgehead atoms. The van der Waals surface area contributed by atoms with Gasteiger partial charge in [-0.3, -0.25) is 9.59 Å². The number of nitrogens with one attached hydrogen (secondary N) is 2. The van der Waals surface area contributed by atoms with Crippen molar-refractivity contribution in [2.24, 2.45) is 0 Å². The van der Waals surface area contributed by atoms with Gasteiger partial charge in [-0.25, -0.2) is 0 Å². The lowest BCUT2D eigenvalue weighted by molar-refractivity contribution is -0.305. The molecule has 130 valence electrons. The Kier molecular flexibility index (Phi) is 6.53. The second-order valence-corrected chi connectivity index (χ2v) is 5.84. The van der Waals surface area contributed by atoms with E-state index in [4.69, 9.17) is 4.42 Å². The van der Waals surface area contributed by atoms with Crippen LogP contribution in [0.2, 0.25) is 0 Å². The summed E-state index contributed by atoms with van der Waals surface area (Å²) in [5, 5.41) is 15.3. The van der Waals surface area contributed by atoms with Crippen LogP contribution < -0.4 is 15.7 Å². The summed E-state index contributed by atoms with van der Waals surface area (Å²) in [6.45, 7) is -0.117. The summed E-state index contributed by atoms with van der Waals surface area (Å²) in [4.78, 5) is 34.8. The molecule has 1 heterocycles. The van der Waals surface area contributed by atoms with E-state index in [1.165, 1.54) is 18.4 Å². The molecule has 0 aliphatic heterocycles. The summed E-state index contributed by atoms with van der Waals surface area (Å²) in [6.07, 6.45) is 2.48. The van der Waals surface area contributed by atoms with Gasteiger partial charge in [0.15, 0.2) is 5.76 Å². The Morgan fingerprint density at radius 3 is 2.64 bits per heavy atom. The second kappa shape index (κ2) is 8.84. The smallest absolute Gasteiger partial charge is 0.291 e. The molecule has 1 aromatic heterocycles. The summed E-state index contributed by atoms with van der Waals surface area (Å²) >= 11 is 3.32. The van der Waals surface area contributed by atoms with E-state index in [0.717, 1.165) is 4.47 Å². The first-order chi connectivity index (χ1) is 12.0. The quantitative estimate of drug-likeness (QED) is 0.669. The molecule has 0 atom stereocenters. The maximum atomic E-state index is 12.3. The van der Waals surface area contributed by atoms with E-state index >= 15 is 0 Å². The van der Waals surface area contributed by atoms with Crippen molar-refractivity contribution in [2.45, 2.75) is 6.42 Å². The predicted octanol–water partition coefficient (Wildman–Crippen LogP) is 1.07. The van der Waals surface area contributed by atoms with Crippen LogP contribution >= 0.6 is 15.9 Å². The molecule has 25 heavy (non-hydrogen) atoms. The van der Waals surface area contributed by atoms with Crippen LogP contribution in [0.5, 0.6) is 0 Å². The van der Waals surface area contributed by atoms with Gasteiger partial charge in [0.2, 0.25) is 0 Å². The number of hydrogen-bond donors (Lipinski definition) is 2. The van der Waals surface area contributed by atoms with E-state index < -0.39 is 17.8 Å². The number of carboxylic acid groups (broad SMARTS) is 1. The highest BCUT2D eigenvalue weighted by atomic mass is 79.9. The van der Waals surface area contributed by atoms with Crippen LogP contribution in [0.25, 0.3) is 6.08 Å². The van der Waals surface area contributed by atoms with Crippen molar-refractivity contribution in [3.8, 4) is 0 Å². The fraction of sp³-hybridized carbons (Fsp3) is 0.118. The maximum Gasteiger partial charge on any atom is 0.291 e. The van der Waals surface area contributed by atoms with Crippen LogP contribution in [0.4, 0.5) is 0 Å². The molecule has 2 aromatic rings. The van der Waals surface area contributed by atoms with Gasteiger partial charge in [0, 0.05) is 23.4 Å². The van der Waals surface area contributed by atoms with Gasteiger partial charge in [0.05, 0.1) is 6.26 Å². The van der Waals surface area contributed by atoms with Crippen LogP contribution in [0.3, 0.4) is 0 Å². The zero-order valence-electron chi connectivity index (χ0n) is 13.0. The number of furan rings is 1. The SMILES string of the molecule is O=C([O-])CCNC(=O)/C(=C/c1cccc(Br)c1)NC(=O)c1ccco1. The van der Waals surface area contributed by atoms with Crippen LogP contribution in [-0.4, -0.2) is 24.3 Å². The molecule has 0 fully saturated rings. The Morgan fingerprint density at radius 2 is 2.00 bits per heavy atom. The van der Waals surface area contributed by atoms with Crippen molar-refractivity contribution >= 4 is 39.8 Å². The number of hydrogen-bond acceptors (Lipinski definition) is 5. The van der Waals surface area contributed by atoms with Crippen molar-refractivity contribution in [1.29, 1.82) is 0 Å². The molecule has 1 aromatic carbocycles. The number of aliphatic carboxylic acids is 1. The highest BCUT2D eigenvalue weighted by molar-refractivity contribution is 9.10. The normalized spacial score (nSPS) is 11.0. The molecule has 0 spiro atoms. The van der Waals surface area contributed by atoms with Crippen molar-refractivity contribution in [3.63, 3.8) is 0 Å². The summed E-state index contributed by atoms with van der Waals surface area (Å²) in [7, 11) is 0. The van der Waals surface area contributed by atoms with Crippen LogP contribution in [0, 0.1) is 0 Å². The van der Waals surface area contributed by atoms with E-state index in [2.05, 4.69) is 26.6 Å². The second-order valence-electron chi connectivity index (χ2n) is 4.92. The van der Waals surface area contributed by atoms with E-state index in [1.807, 2.05) is 6.07 Å². The fourth-order valence-corrected chi connectivity index (χ4v) is 2.30. The Morgan fingerprint density at radius 1 is 1.20 bits per heavy atom. The van der Waals surface area contributed by atoms with Gasteiger partial charge in [-0.05, 0) is 35.9 Å². The largest absolute Gasteiger partial charge is 0.550 e. The van der Waals surface area contributed by atoms with Crippen molar-refractivity contribution in [3.05, 3.63) is 64.2 Å². The van der Waals surface area contributed by atoms with Crippen molar-refractivity contribution in [1.82, 2.24) is 10.6 Å². The zero-order valence-corrected chi connectivity index (χ0v) is 14.5. The summed E-state index contributed by atoms with van der Waals surface area (Å²) in [5.41, 5.74) is 0.622. The molecular weight excluding hydrogens is 392 g/mol. The number of carboxylic acids is 1. The lowest BCUT2D eigenvalue weighted by Crippen LogP contribution is -2.37. The Balaban J connectivity index is 2.19. The third-order valence-corrected chi connectivity index (χ3v) is 3.51. The number of benzene rings is 1. The third-order valence-electron chi connectivity index (χ3n) is 3.01. The molecule has 2 rings (SSSR count). The minimum Gasteiger partial charge on any atom is -0.550 e. The maximum absolute atomic E-state index is 12.3.